The summed E-state index contributed by atoms with van der Waals surface area (Å²) < 4.78 is 41.4. The third kappa shape index (κ3) is 3.69. The summed E-state index contributed by atoms with van der Waals surface area (Å²) in [6.07, 6.45) is -1.22. The minimum absolute atomic E-state index is 0.228. The molecule has 2 aromatic carbocycles. The minimum Gasteiger partial charge on any atom is -0.321 e. The van der Waals surface area contributed by atoms with E-state index in [1.54, 1.807) is 54.5 Å². The van der Waals surface area contributed by atoms with E-state index >= 15 is 0 Å². The van der Waals surface area contributed by atoms with Gasteiger partial charge in [0.15, 0.2) is 0 Å². The van der Waals surface area contributed by atoms with Gasteiger partial charge in [-0.15, -0.1) is 0 Å². The molecule has 0 unspecified atom stereocenters. The Labute approximate surface area is 163 Å². The molecular formula is C21H15F3N4O. The maximum Gasteiger partial charge on any atom is 0.418 e. The molecule has 0 atom stereocenters. The molecule has 146 valence electrons. The van der Waals surface area contributed by atoms with E-state index < -0.39 is 17.6 Å². The fourth-order valence-electron chi connectivity index (χ4n) is 3.09. The fourth-order valence-corrected chi connectivity index (χ4v) is 3.09. The van der Waals surface area contributed by atoms with Crippen molar-refractivity contribution >= 4 is 22.5 Å². The molecular weight excluding hydrogens is 381 g/mol. The van der Waals surface area contributed by atoms with E-state index in [2.05, 4.69) is 15.4 Å². The molecule has 0 radical (unpaired) electrons. The summed E-state index contributed by atoms with van der Waals surface area (Å²) >= 11 is 0. The molecule has 0 aliphatic rings. The van der Waals surface area contributed by atoms with Crippen molar-refractivity contribution in [2.75, 3.05) is 5.32 Å². The Hall–Kier alpha value is -3.68. The number of rotatable bonds is 3. The lowest BCUT2D eigenvalue weighted by Gasteiger charge is -2.14. The highest BCUT2D eigenvalue weighted by Gasteiger charge is 2.33. The van der Waals surface area contributed by atoms with E-state index in [1.165, 1.54) is 18.2 Å². The van der Waals surface area contributed by atoms with Crippen molar-refractivity contribution in [3.63, 3.8) is 0 Å². The van der Waals surface area contributed by atoms with Crippen LogP contribution in [0.1, 0.15) is 15.9 Å². The molecule has 4 aromatic rings. The Kier molecular flexibility index (Phi) is 4.54. The smallest absolute Gasteiger partial charge is 0.321 e. The highest BCUT2D eigenvalue weighted by Crippen LogP contribution is 2.35. The van der Waals surface area contributed by atoms with Crippen molar-refractivity contribution in [1.29, 1.82) is 0 Å². The van der Waals surface area contributed by atoms with Gasteiger partial charge >= 0.3 is 6.18 Å². The molecule has 0 fully saturated rings. The number of fused-ring (bicyclic) bond motifs is 1. The number of benzene rings is 2. The number of alkyl halides is 3. The van der Waals surface area contributed by atoms with E-state index in [1.807, 2.05) is 0 Å². The van der Waals surface area contributed by atoms with Crippen molar-refractivity contribution in [3.8, 4) is 11.3 Å². The van der Waals surface area contributed by atoms with Crippen LogP contribution in [-0.2, 0) is 13.2 Å². The number of aryl methyl sites for hydroxylation is 1. The number of halogens is 3. The molecule has 0 saturated carbocycles. The quantitative estimate of drug-likeness (QED) is 0.536. The van der Waals surface area contributed by atoms with Gasteiger partial charge in [0.05, 0.1) is 34.2 Å². The molecule has 0 aliphatic carbocycles. The van der Waals surface area contributed by atoms with E-state index in [4.69, 9.17) is 0 Å². The Morgan fingerprint density at radius 1 is 1.07 bits per heavy atom. The molecule has 29 heavy (non-hydrogen) atoms. The van der Waals surface area contributed by atoms with Gasteiger partial charge in [0.2, 0.25) is 0 Å². The van der Waals surface area contributed by atoms with Gasteiger partial charge in [-0.3, -0.25) is 9.48 Å². The van der Waals surface area contributed by atoms with E-state index in [-0.39, 0.29) is 11.3 Å². The monoisotopic (exact) mass is 396 g/mol. The van der Waals surface area contributed by atoms with E-state index in [9.17, 15) is 18.0 Å². The Balaban J connectivity index is 1.80. The number of pyridine rings is 1. The van der Waals surface area contributed by atoms with Gasteiger partial charge in [-0.25, -0.2) is 4.98 Å². The SMILES string of the molecule is Cn1cc(-c2cc(C(=O)Nc3ccccc3C(F)(F)F)c3ccccc3n2)cn1. The first-order valence-corrected chi connectivity index (χ1v) is 8.69. The molecule has 4 rings (SSSR count). The zero-order valence-electron chi connectivity index (χ0n) is 15.2. The van der Waals surface area contributed by atoms with Gasteiger partial charge in [0, 0.05) is 24.2 Å². The summed E-state index contributed by atoms with van der Waals surface area (Å²) in [4.78, 5) is 17.5. The predicted molar refractivity (Wildman–Crippen MR) is 103 cm³/mol. The van der Waals surface area contributed by atoms with Gasteiger partial charge in [-0.1, -0.05) is 30.3 Å². The minimum atomic E-state index is -4.58. The van der Waals surface area contributed by atoms with Gasteiger partial charge < -0.3 is 5.32 Å². The lowest BCUT2D eigenvalue weighted by Crippen LogP contribution is -2.17. The largest absolute Gasteiger partial charge is 0.418 e. The lowest BCUT2D eigenvalue weighted by molar-refractivity contribution is -0.136. The molecule has 2 aromatic heterocycles. The number of carbonyl (C=O) groups excluding carboxylic acids is 1. The number of anilines is 1. The fraction of sp³-hybridized carbons (Fsp3) is 0.0952. The number of hydrogen-bond donors (Lipinski definition) is 1. The number of amides is 1. The van der Waals surface area contributed by atoms with Crippen LogP contribution in [0.4, 0.5) is 18.9 Å². The average molecular weight is 396 g/mol. The van der Waals surface area contributed by atoms with Crippen LogP contribution in [0, 0.1) is 0 Å². The standard InChI is InChI=1S/C21H15F3N4O/c1-28-12-13(11-25-28)19-10-15(14-6-2-4-8-17(14)26-19)20(29)27-18-9-5-3-7-16(18)21(22,23)24/h2-12H,1H3,(H,27,29). The summed E-state index contributed by atoms with van der Waals surface area (Å²) in [5, 5.41) is 7.05. The number of hydrogen-bond acceptors (Lipinski definition) is 3. The number of aromatic nitrogens is 3. The predicted octanol–water partition coefficient (Wildman–Crippen LogP) is 4.91. The van der Waals surface area contributed by atoms with Gasteiger partial charge in [-0.2, -0.15) is 18.3 Å². The van der Waals surface area contributed by atoms with Gasteiger partial charge in [-0.05, 0) is 24.3 Å². The third-order valence-electron chi connectivity index (χ3n) is 4.44. The second-order valence-corrected chi connectivity index (χ2v) is 6.47. The van der Waals surface area contributed by atoms with E-state index in [0.29, 0.717) is 22.2 Å². The van der Waals surface area contributed by atoms with Crippen LogP contribution in [0.25, 0.3) is 22.2 Å². The summed E-state index contributed by atoms with van der Waals surface area (Å²) in [6, 6.07) is 13.4. The molecule has 0 aliphatic heterocycles. The van der Waals surface area contributed by atoms with Crippen LogP contribution in [0.5, 0.6) is 0 Å². The maximum atomic E-state index is 13.3. The normalized spacial score (nSPS) is 11.6. The van der Waals surface area contributed by atoms with Crippen LogP contribution >= 0.6 is 0 Å². The Morgan fingerprint density at radius 3 is 2.52 bits per heavy atom. The first-order chi connectivity index (χ1) is 13.8. The number of nitrogens with one attached hydrogen (secondary N) is 1. The second kappa shape index (κ2) is 7.05. The summed E-state index contributed by atoms with van der Waals surface area (Å²) in [7, 11) is 1.76. The van der Waals surface area contributed by atoms with Gasteiger partial charge in [0.25, 0.3) is 5.91 Å². The Morgan fingerprint density at radius 2 is 1.79 bits per heavy atom. The van der Waals surface area contributed by atoms with Crippen LogP contribution in [0.2, 0.25) is 0 Å². The topological polar surface area (TPSA) is 59.8 Å². The second-order valence-electron chi connectivity index (χ2n) is 6.47. The zero-order chi connectivity index (χ0) is 20.6. The zero-order valence-corrected chi connectivity index (χ0v) is 15.2. The molecule has 5 nitrogen and oxygen atoms in total. The van der Waals surface area contributed by atoms with Crippen molar-refractivity contribution in [2.45, 2.75) is 6.18 Å². The summed E-state index contributed by atoms with van der Waals surface area (Å²) in [5.41, 5.74) is 0.789. The number of nitrogens with zero attached hydrogens (tertiary/aromatic N) is 3. The maximum absolute atomic E-state index is 13.3. The average Bonchev–Trinajstić information content (AvgIpc) is 3.13. The van der Waals surface area contributed by atoms with Crippen molar-refractivity contribution in [1.82, 2.24) is 14.8 Å². The summed E-state index contributed by atoms with van der Waals surface area (Å²) in [5.74, 6) is -0.648. The van der Waals surface area contributed by atoms with Crippen LogP contribution in [0.3, 0.4) is 0 Å². The number of para-hydroxylation sites is 2. The summed E-state index contributed by atoms with van der Waals surface area (Å²) in [6.45, 7) is 0. The van der Waals surface area contributed by atoms with Crippen molar-refractivity contribution in [2.24, 2.45) is 7.05 Å². The molecule has 0 saturated heterocycles. The lowest BCUT2D eigenvalue weighted by atomic mass is 10.0. The molecule has 0 spiro atoms. The van der Waals surface area contributed by atoms with Gasteiger partial charge in [0.1, 0.15) is 0 Å². The Bertz CT molecular complexity index is 1210. The highest BCUT2D eigenvalue weighted by molar-refractivity contribution is 6.13. The molecule has 0 bridgehead atoms. The van der Waals surface area contributed by atoms with Crippen molar-refractivity contribution < 1.29 is 18.0 Å². The first kappa shape index (κ1) is 18.7. The highest BCUT2D eigenvalue weighted by atomic mass is 19.4. The molecule has 1 amide bonds. The molecule has 1 N–H and O–H groups in total. The van der Waals surface area contributed by atoms with E-state index in [0.717, 1.165) is 6.07 Å². The first-order valence-electron chi connectivity index (χ1n) is 8.69. The number of carbonyl (C=O) groups is 1. The van der Waals surface area contributed by atoms with Crippen LogP contribution < -0.4 is 5.32 Å². The van der Waals surface area contributed by atoms with Crippen LogP contribution in [-0.4, -0.2) is 20.7 Å². The van der Waals surface area contributed by atoms with Crippen LogP contribution in [0.15, 0.2) is 67.0 Å². The molecule has 2 heterocycles. The third-order valence-corrected chi connectivity index (χ3v) is 4.44. The van der Waals surface area contributed by atoms with Crippen molar-refractivity contribution in [3.05, 3.63) is 78.1 Å². The molecule has 8 heteroatoms.